The molecule has 0 aliphatic carbocycles. The summed E-state index contributed by atoms with van der Waals surface area (Å²) in [7, 11) is 0. The smallest absolute Gasteiger partial charge is 0.308 e. The molecular weight excluding hydrogens is 358 g/mol. The topological polar surface area (TPSA) is 96.3 Å². The second kappa shape index (κ2) is 6.38. The minimum Gasteiger partial charge on any atom is -0.493 e. The van der Waals surface area contributed by atoms with Crippen LogP contribution in [0.3, 0.4) is 0 Å². The van der Waals surface area contributed by atoms with Gasteiger partial charge in [0.25, 0.3) is 0 Å². The Morgan fingerprint density at radius 3 is 2.57 bits per heavy atom. The molecule has 7 heteroatoms. The first-order chi connectivity index (χ1) is 13.7. The van der Waals surface area contributed by atoms with Crippen molar-refractivity contribution in [2.24, 2.45) is 10.2 Å². The zero-order valence-corrected chi connectivity index (χ0v) is 14.6. The molecule has 0 radical (unpaired) electrons. The second-order valence-corrected chi connectivity index (χ2v) is 6.47. The van der Waals surface area contributed by atoms with Gasteiger partial charge in [-0.15, -0.1) is 10.2 Å². The van der Waals surface area contributed by atoms with Gasteiger partial charge in [0.1, 0.15) is 6.61 Å². The van der Waals surface area contributed by atoms with E-state index in [9.17, 15) is 9.90 Å². The van der Waals surface area contributed by atoms with Crippen LogP contribution in [0.25, 0.3) is 21.7 Å². The highest BCUT2D eigenvalue weighted by molar-refractivity contribution is 5.94. The Kier molecular flexibility index (Phi) is 3.72. The fourth-order valence-corrected chi connectivity index (χ4v) is 3.26. The number of hydrogen-bond donors (Lipinski definition) is 2. The predicted molar refractivity (Wildman–Crippen MR) is 103 cm³/mol. The first kappa shape index (κ1) is 16.3. The molecule has 5 rings (SSSR count). The van der Waals surface area contributed by atoms with Crippen molar-refractivity contribution in [3.63, 3.8) is 0 Å². The van der Waals surface area contributed by atoms with Crippen molar-refractivity contribution in [2.45, 2.75) is 6.10 Å². The highest BCUT2D eigenvalue weighted by Crippen LogP contribution is 2.37. The van der Waals surface area contributed by atoms with Crippen LogP contribution in [-0.2, 0) is 4.79 Å². The number of fused-ring (bicyclic) bond motifs is 3. The van der Waals surface area contributed by atoms with Crippen LogP contribution in [0.5, 0.6) is 17.4 Å². The van der Waals surface area contributed by atoms with Gasteiger partial charge in [0, 0.05) is 5.39 Å². The summed E-state index contributed by atoms with van der Waals surface area (Å²) < 4.78 is 11.5. The van der Waals surface area contributed by atoms with E-state index in [0.29, 0.717) is 22.4 Å². The molecule has 2 N–H and O–H groups in total. The van der Waals surface area contributed by atoms with Crippen molar-refractivity contribution in [1.29, 1.82) is 0 Å². The minimum atomic E-state index is -0.898. The third kappa shape index (κ3) is 2.73. The number of nitrogens with zero attached hydrogens (tertiary/aromatic N) is 2. The van der Waals surface area contributed by atoms with E-state index in [0.717, 1.165) is 10.8 Å². The predicted octanol–water partition coefficient (Wildman–Crippen LogP) is 4.48. The van der Waals surface area contributed by atoms with Gasteiger partial charge in [-0.1, -0.05) is 42.5 Å². The molecule has 3 aromatic carbocycles. The lowest BCUT2D eigenvalue weighted by atomic mass is 10.1. The number of rotatable bonds is 2. The van der Waals surface area contributed by atoms with E-state index < -0.39 is 12.0 Å². The normalized spacial score (nSPS) is 16.1. The molecule has 0 unspecified atom stereocenters. The van der Waals surface area contributed by atoms with Crippen LogP contribution in [0.4, 0.5) is 5.69 Å². The molecule has 0 spiro atoms. The monoisotopic (exact) mass is 373 g/mol. The van der Waals surface area contributed by atoms with E-state index in [4.69, 9.17) is 9.47 Å². The summed E-state index contributed by atoms with van der Waals surface area (Å²) in [5, 5.41) is 20.4. The van der Waals surface area contributed by atoms with Gasteiger partial charge in [-0.25, -0.2) is 0 Å². The molecule has 28 heavy (non-hydrogen) atoms. The summed E-state index contributed by atoms with van der Waals surface area (Å²) in [5.41, 5.74) is 0.923. The maximum atomic E-state index is 12.5. The number of nitrogens with one attached hydrogen (secondary N) is 1. The minimum absolute atomic E-state index is 0.0447. The van der Waals surface area contributed by atoms with Gasteiger partial charge >= 0.3 is 5.91 Å². The van der Waals surface area contributed by atoms with Gasteiger partial charge in [0.05, 0.1) is 5.52 Å². The quantitative estimate of drug-likeness (QED) is 0.507. The summed E-state index contributed by atoms with van der Waals surface area (Å²) in [6.07, 6.45) is -0.898. The van der Waals surface area contributed by atoms with Gasteiger partial charge < -0.3 is 19.6 Å². The summed E-state index contributed by atoms with van der Waals surface area (Å²) in [5.74, 6) is 0.362. The molecule has 1 aliphatic rings. The van der Waals surface area contributed by atoms with Gasteiger partial charge in [0.15, 0.2) is 17.2 Å². The molecule has 1 aliphatic heterocycles. The van der Waals surface area contributed by atoms with E-state index in [1.165, 1.54) is 0 Å². The first-order valence-corrected chi connectivity index (χ1v) is 8.76. The first-order valence-electron chi connectivity index (χ1n) is 8.76. The fourth-order valence-electron chi connectivity index (χ4n) is 3.26. The van der Waals surface area contributed by atoms with Crippen LogP contribution in [-0.4, -0.2) is 28.7 Å². The van der Waals surface area contributed by atoms with Crippen molar-refractivity contribution in [2.75, 3.05) is 6.61 Å². The molecule has 0 bridgehead atoms. The molecule has 2 heterocycles. The molecule has 1 amide bonds. The lowest BCUT2D eigenvalue weighted by molar-refractivity contribution is -0.127. The number of ether oxygens (including phenoxy) is 2. The molecule has 1 aromatic heterocycles. The number of aromatic hydroxyl groups is 1. The Labute approximate surface area is 159 Å². The largest absolute Gasteiger partial charge is 0.493 e. The third-order valence-corrected chi connectivity index (χ3v) is 4.66. The van der Waals surface area contributed by atoms with E-state index in [1.807, 2.05) is 48.5 Å². The van der Waals surface area contributed by atoms with Crippen LogP contribution in [0.2, 0.25) is 0 Å². The Hall–Kier alpha value is -3.87. The summed E-state index contributed by atoms with van der Waals surface area (Å²) in [6, 6.07) is 18.8. The van der Waals surface area contributed by atoms with Gasteiger partial charge in [0.2, 0.25) is 12.0 Å². The van der Waals surface area contributed by atoms with Crippen molar-refractivity contribution >= 4 is 33.3 Å². The van der Waals surface area contributed by atoms with Crippen molar-refractivity contribution < 1.29 is 19.4 Å². The molecular formula is C21H15N3O4. The van der Waals surface area contributed by atoms with Crippen LogP contribution in [0, 0.1) is 0 Å². The van der Waals surface area contributed by atoms with Crippen molar-refractivity contribution in [1.82, 2.24) is 4.98 Å². The second-order valence-electron chi connectivity index (χ2n) is 6.47. The van der Waals surface area contributed by atoms with E-state index in [1.54, 1.807) is 12.1 Å². The molecule has 0 saturated heterocycles. The molecule has 4 aromatic rings. The maximum Gasteiger partial charge on any atom is 0.308 e. The molecule has 0 saturated carbocycles. The number of amides is 1. The van der Waals surface area contributed by atoms with E-state index >= 15 is 0 Å². The number of benzene rings is 3. The van der Waals surface area contributed by atoms with Gasteiger partial charge in [-0.3, -0.25) is 4.79 Å². The lowest BCUT2D eigenvalue weighted by Crippen LogP contribution is -2.35. The van der Waals surface area contributed by atoms with Crippen molar-refractivity contribution in [3.8, 4) is 17.4 Å². The zero-order valence-electron chi connectivity index (χ0n) is 14.6. The Morgan fingerprint density at radius 2 is 1.75 bits per heavy atom. The van der Waals surface area contributed by atoms with E-state index in [-0.39, 0.29) is 18.2 Å². The number of aromatic amines is 1. The standard InChI is InChI=1S/C21H15N3O4/c25-20(24-23-19-14-7-3-4-8-15(14)22-21(19)26)18-11-27-16-9-12-5-1-2-6-13(12)10-17(16)28-18/h1-10,18,22,26H,11H2/t18-/m0/s1. The molecule has 7 nitrogen and oxygen atoms in total. The number of carbonyl (C=O) groups excluding carboxylic acids is 1. The van der Waals surface area contributed by atoms with Crippen LogP contribution in [0.1, 0.15) is 0 Å². The number of aromatic nitrogens is 1. The van der Waals surface area contributed by atoms with E-state index in [2.05, 4.69) is 15.2 Å². The average molecular weight is 373 g/mol. The number of para-hydroxylation sites is 1. The zero-order chi connectivity index (χ0) is 19.1. The number of carbonyl (C=O) groups is 1. The summed E-state index contributed by atoms with van der Waals surface area (Å²) in [4.78, 5) is 15.3. The third-order valence-electron chi connectivity index (χ3n) is 4.66. The Bertz CT molecular complexity index is 1250. The summed E-state index contributed by atoms with van der Waals surface area (Å²) >= 11 is 0. The number of hydrogen-bond acceptors (Lipinski definition) is 5. The Morgan fingerprint density at radius 1 is 1.04 bits per heavy atom. The summed E-state index contributed by atoms with van der Waals surface area (Å²) in [6.45, 7) is 0.0447. The molecule has 0 fully saturated rings. The molecule has 138 valence electrons. The van der Waals surface area contributed by atoms with Crippen LogP contribution < -0.4 is 9.47 Å². The number of H-pyrrole nitrogens is 1. The average Bonchev–Trinajstić information content (AvgIpc) is 3.05. The fraction of sp³-hybridized carbons (Fsp3) is 0.0952. The Balaban J connectivity index is 1.40. The van der Waals surface area contributed by atoms with Gasteiger partial charge in [-0.05, 0) is 29.0 Å². The molecule has 1 atom stereocenters. The highest BCUT2D eigenvalue weighted by atomic mass is 16.6. The SMILES string of the molecule is O=C(N=Nc1c(O)[nH]c2ccccc12)[C@@H]1COc2cc3ccccc3cc2O1. The van der Waals surface area contributed by atoms with Crippen LogP contribution in [0.15, 0.2) is 70.9 Å². The maximum absolute atomic E-state index is 12.5. The van der Waals surface area contributed by atoms with Gasteiger partial charge in [-0.2, -0.15) is 0 Å². The number of azo groups is 1. The van der Waals surface area contributed by atoms with Crippen LogP contribution >= 0.6 is 0 Å². The highest BCUT2D eigenvalue weighted by Gasteiger charge is 2.28. The van der Waals surface area contributed by atoms with Crippen molar-refractivity contribution in [3.05, 3.63) is 60.7 Å². The lowest BCUT2D eigenvalue weighted by Gasteiger charge is -2.24.